The van der Waals surface area contributed by atoms with Crippen LogP contribution in [0.1, 0.15) is 19.3 Å². The van der Waals surface area contributed by atoms with Crippen LogP contribution in [-0.2, 0) is 0 Å². The molecule has 28 heavy (non-hydrogen) atoms. The van der Waals surface area contributed by atoms with Crippen molar-refractivity contribution in [2.24, 2.45) is 5.92 Å². The van der Waals surface area contributed by atoms with E-state index in [1.165, 1.54) is 49.8 Å². The van der Waals surface area contributed by atoms with Gasteiger partial charge in [0, 0.05) is 26.4 Å². The standard InChI is InChI=1S/C20H27N3.C2H2O.CH4O/c1-23(15-13-17-8-7-14-21-16-17)20-12-6-5-11-19(20)22-18-9-3-2-4-10-18;1-2-3;1-2/h2-6,9-12,17,21-22H,7-8,13-16H2,1H3;1,3H;2H,1H3. The van der Waals surface area contributed by atoms with Crippen molar-refractivity contribution in [2.75, 3.05) is 44.0 Å². The Labute approximate surface area is 169 Å². The van der Waals surface area contributed by atoms with Crippen molar-refractivity contribution in [1.29, 1.82) is 0 Å². The van der Waals surface area contributed by atoms with E-state index >= 15 is 0 Å². The molecule has 2 aromatic rings. The van der Waals surface area contributed by atoms with Crippen LogP contribution in [0.2, 0.25) is 0 Å². The Bertz CT molecular complexity index is 680. The minimum absolute atomic E-state index is 0.820. The third-order valence-electron chi connectivity index (χ3n) is 4.64. The van der Waals surface area contributed by atoms with Gasteiger partial charge in [-0.3, -0.25) is 0 Å². The van der Waals surface area contributed by atoms with E-state index in [4.69, 9.17) is 10.2 Å². The molecule has 1 heterocycles. The lowest BCUT2D eigenvalue weighted by Crippen LogP contribution is -2.32. The zero-order valence-electron chi connectivity index (χ0n) is 16.9. The molecular weight excluding hydrogens is 350 g/mol. The molecule has 1 unspecified atom stereocenters. The lowest BCUT2D eigenvalue weighted by atomic mass is 9.96. The van der Waals surface area contributed by atoms with Gasteiger partial charge in [-0.05, 0) is 62.5 Å². The summed E-state index contributed by atoms with van der Waals surface area (Å²) in [5, 5.41) is 21.1. The fourth-order valence-electron chi connectivity index (χ4n) is 3.26. The zero-order valence-corrected chi connectivity index (χ0v) is 16.9. The van der Waals surface area contributed by atoms with Crippen molar-refractivity contribution in [3.05, 3.63) is 54.6 Å². The van der Waals surface area contributed by atoms with Crippen LogP contribution in [0, 0.1) is 18.4 Å². The average Bonchev–Trinajstić information content (AvgIpc) is 2.76. The van der Waals surface area contributed by atoms with Crippen LogP contribution in [0.15, 0.2) is 54.6 Å². The van der Waals surface area contributed by atoms with E-state index in [-0.39, 0.29) is 0 Å². The second-order valence-electron chi connectivity index (χ2n) is 6.56. The van der Waals surface area contributed by atoms with Gasteiger partial charge >= 0.3 is 0 Å². The maximum absolute atomic E-state index is 7.10. The van der Waals surface area contributed by atoms with Crippen molar-refractivity contribution in [2.45, 2.75) is 19.3 Å². The first-order chi connectivity index (χ1) is 13.7. The number of terminal acetylenes is 1. The molecule has 0 radical (unpaired) electrons. The second-order valence-corrected chi connectivity index (χ2v) is 6.56. The van der Waals surface area contributed by atoms with Crippen LogP contribution >= 0.6 is 0 Å². The lowest BCUT2D eigenvalue weighted by molar-refractivity contribution is 0.360. The molecule has 0 amide bonds. The smallest absolute Gasteiger partial charge is 0.103 e. The van der Waals surface area contributed by atoms with Crippen molar-refractivity contribution in [3.63, 3.8) is 0 Å². The Morgan fingerprint density at radius 3 is 2.43 bits per heavy atom. The molecule has 2 aromatic carbocycles. The number of nitrogens with zero attached hydrogens (tertiary/aromatic N) is 1. The van der Waals surface area contributed by atoms with Crippen LogP contribution in [0.25, 0.3) is 0 Å². The van der Waals surface area contributed by atoms with Crippen molar-refractivity contribution < 1.29 is 10.2 Å². The summed E-state index contributed by atoms with van der Waals surface area (Å²) < 4.78 is 0. The van der Waals surface area contributed by atoms with Crippen LogP contribution in [0.4, 0.5) is 17.1 Å². The summed E-state index contributed by atoms with van der Waals surface area (Å²) in [7, 11) is 3.20. The van der Waals surface area contributed by atoms with E-state index < -0.39 is 0 Å². The predicted octanol–water partition coefficient (Wildman–Crippen LogP) is 3.81. The number of hydrogen-bond acceptors (Lipinski definition) is 5. The number of aliphatic hydroxyl groups is 2. The summed E-state index contributed by atoms with van der Waals surface area (Å²) in [4.78, 5) is 2.37. The van der Waals surface area contributed by atoms with Gasteiger partial charge in [-0.1, -0.05) is 36.8 Å². The average molecular weight is 384 g/mol. The van der Waals surface area contributed by atoms with Gasteiger partial charge in [0.1, 0.15) is 6.11 Å². The van der Waals surface area contributed by atoms with Gasteiger partial charge in [0.25, 0.3) is 0 Å². The molecule has 0 aromatic heterocycles. The van der Waals surface area contributed by atoms with Crippen LogP contribution < -0.4 is 15.5 Å². The van der Waals surface area contributed by atoms with E-state index in [2.05, 4.69) is 77.5 Å². The van der Waals surface area contributed by atoms with Crippen molar-refractivity contribution in [1.82, 2.24) is 5.32 Å². The van der Waals surface area contributed by atoms with E-state index in [1.54, 1.807) is 0 Å². The van der Waals surface area contributed by atoms with Gasteiger partial charge in [-0.25, -0.2) is 0 Å². The molecule has 0 bridgehead atoms. The van der Waals surface area contributed by atoms with Crippen LogP contribution in [-0.4, -0.2) is 44.0 Å². The quantitative estimate of drug-likeness (QED) is 0.571. The number of para-hydroxylation sites is 3. The summed E-state index contributed by atoms with van der Waals surface area (Å²) in [6.45, 7) is 3.47. The highest BCUT2D eigenvalue weighted by Crippen LogP contribution is 2.28. The highest BCUT2D eigenvalue weighted by Gasteiger charge is 2.14. The zero-order chi connectivity index (χ0) is 20.6. The first kappa shape index (κ1) is 23.4. The fraction of sp³-hybridized carbons (Fsp3) is 0.391. The third kappa shape index (κ3) is 8.34. The van der Waals surface area contributed by atoms with E-state index in [1.807, 2.05) is 6.07 Å². The number of hydrogen-bond donors (Lipinski definition) is 4. The number of piperidine rings is 1. The second kappa shape index (κ2) is 14.4. The Kier molecular flexibility index (Phi) is 12.0. The molecule has 1 aliphatic rings. The molecule has 4 N–H and O–H groups in total. The molecule has 0 spiro atoms. The van der Waals surface area contributed by atoms with Crippen molar-refractivity contribution in [3.8, 4) is 12.5 Å². The van der Waals surface area contributed by atoms with Gasteiger partial charge in [0.2, 0.25) is 0 Å². The lowest BCUT2D eigenvalue weighted by Gasteiger charge is -2.27. The van der Waals surface area contributed by atoms with Gasteiger partial charge in [0.15, 0.2) is 0 Å². The SMILES string of the molecule is C#CO.CN(CCC1CCCNC1)c1ccccc1Nc1ccccc1.CO. The Hall–Kier alpha value is -2.68. The molecule has 152 valence electrons. The molecule has 5 heteroatoms. The minimum atomic E-state index is 0.820. The largest absolute Gasteiger partial charge is 0.462 e. The summed E-state index contributed by atoms with van der Waals surface area (Å²) in [5.41, 5.74) is 3.56. The minimum Gasteiger partial charge on any atom is -0.462 e. The molecule has 0 saturated carbocycles. The van der Waals surface area contributed by atoms with E-state index in [9.17, 15) is 0 Å². The first-order valence-corrected chi connectivity index (χ1v) is 9.62. The van der Waals surface area contributed by atoms with E-state index in [0.29, 0.717) is 0 Å². The van der Waals surface area contributed by atoms with Gasteiger partial charge in [0.05, 0.1) is 11.4 Å². The van der Waals surface area contributed by atoms with Gasteiger partial charge in [-0.2, -0.15) is 0 Å². The molecule has 1 atom stereocenters. The fourth-order valence-corrected chi connectivity index (χ4v) is 3.26. The molecule has 5 nitrogen and oxygen atoms in total. The Morgan fingerprint density at radius 2 is 1.79 bits per heavy atom. The molecule has 1 aliphatic heterocycles. The Balaban J connectivity index is 0.000000717. The summed E-state index contributed by atoms with van der Waals surface area (Å²) in [6.07, 6.45) is 9.34. The highest BCUT2D eigenvalue weighted by molar-refractivity contribution is 5.75. The van der Waals surface area contributed by atoms with Crippen LogP contribution in [0.5, 0.6) is 0 Å². The third-order valence-corrected chi connectivity index (χ3v) is 4.64. The molecule has 1 fully saturated rings. The van der Waals surface area contributed by atoms with Gasteiger partial charge < -0.3 is 25.7 Å². The Morgan fingerprint density at radius 1 is 1.14 bits per heavy atom. The number of rotatable bonds is 6. The molecule has 0 aliphatic carbocycles. The van der Waals surface area contributed by atoms with Gasteiger partial charge in [-0.15, -0.1) is 0 Å². The topological polar surface area (TPSA) is 67.8 Å². The van der Waals surface area contributed by atoms with Crippen molar-refractivity contribution >= 4 is 17.1 Å². The first-order valence-electron chi connectivity index (χ1n) is 9.62. The maximum atomic E-state index is 7.10. The monoisotopic (exact) mass is 383 g/mol. The molecule has 3 rings (SSSR count). The number of nitrogens with one attached hydrogen (secondary N) is 2. The summed E-state index contributed by atoms with van der Waals surface area (Å²) in [6, 6.07) is 18.9. The number of aliphatic hydroxyl groups excluding tert-OH is 2. The molecular formula is C23H33N3O2. The van der Waals surface area contributed by atoms with Crippen LogP contribution in [0.3, 0.4) is 0 Å². The maximum Gasteiger partial charge on any atom is 0.103 e. The molecule has 1 saturated heterocycles. The number of benzene rings is 2. The van der Waals surface area contributed by atoms with E-state index in [0.717, 1.165) is 25.3 Å². The highest BCUT2D eigenvalue weighted by atomic mass is 16.2. The normalized spacial score (nSPS) is 15.0. The number of anilines is 3. The predicted molar refractivity (Wildman–Crippen MR) is 119 cm³/mol. The summed E-state index contributed by atoms with van der Waals surface area (Å²) in [5.74, 6) is 0.820. The summed E-state index contributed by atoms with van der Waals surface area (Å²) >= 11 is 0.